The molecule has 0 saturated heterocycles. The first-order chi connectivity index (χ1) is 6.65. The quantitative estimate of drug-likeness (QED) is 0.786. The van der Waals surface area contributed by atoms with Crippen molar-refractivity contribution in [2.45, 2.75) is 33.1 Å². The topological polar surface area (TPSA) is 63.1 Å². The van der Waals surface area contributed by atoms with E-state index in [1.807, 2.05) is 13.8 Å². The third kappa shape index (κ3) is 2.52. The highest BCUT2D eigenvalue weighted by atomic mass is 16.4. The summed E-state index contributed by atoms with van der Waals surface area (Å²) < 4.78 is 0. The van der Waals surface area contributed by atoms with Gasteiger partial charge in [0.1, 0.15) is 6.33 Å². The highest BCUT2D eigenvalue weighted by Crippen LogP contribution is 2.10. The first-order valence-electron chi connectivity index (χ1n) is 4.66. The minimum atomic E-state index is -0.791. The average Bonchev–Trinajstić information content (AvgIpc) is 2.16. The molecule has 4 heteroatoms. The molecule has 0 fully saturated rings. The van der Waals surface area contributed by atoms with Crippen molar-refractivity contribution in [3.8, 4) is 0 Å². The van der Waals surface area contributed by atoms with Gasteiger partial charge in [-0.3, -0.25) is 4.79 Å². The third-order valence-corrected chi connectivity index (χ3v) is 2.20. The fraction of sp³-hybridized carbons (Fsp3) is 0.500. The first kappa shape index (κ1) is 10.6. The molecule has 76 valence electrons. The van der Waals surface area contributed by atoms with Crippen LogP contribution in [0.15, 0.2) is 6.33 Å². The second-order valence-corrected chi connectivity index (χ2v) is 3.14. The maximum atomic E-state index is 10.4. The second kappa shape index (κ2) is 4.69. The Morgan fingerprint density at radius 1 is 1.43 bits per heavy atom. The largest absolute Gasteiger partial charge is 0.481 e. The van der Waals surface area contributed by atoms with Gasteiger partial charge in [-0.15, -0.1) is 0 Å². The molecule has 0 bridgehead atoms. The molecule has 1 N–H and O–H groups in total. The van der Waals surface area contributed by atoms with Crippen molar-refractivity contribution in [1.82, 2.24) is 9.97 Å². The summed E-state index contributed by atoms with van der Waals surface area (Å²) in [7, 11) is 0. The molecule has 1 heterocycles. The van der Waals surface area contributed by atoms with Gasteiger partial charge in [-0.2, -0.15) is 0 Å². The van der Waals surface area contributed by atoms with Gasteiger partial charge in [-0.05, 0) is 18.9 Å². The lowest BCUT2D eigenvalue weighted by atomic mass is 10.1. The van der Waals surface area contributed by atoms with Crippen molar-refractivity contribution >= 4 is 5.97 Å². The van der Waals surface area contributed by atoms with E-state index >= 15 is 0 Å². The van der Waals surface area contributed by atoms with Crippen molar-refractivity contribution in [3.05, 3.63) is 23.3 Å². The highest BCUT2D eigenvalue weighted by molar-refractivity contribution is 5.67. The Hall–Kier alpha value is -1.45. The molecule has 0 aliphatic rings. The third-order valence-electron chi connectivity index (χ3n) is 2.20. The zero-order valence-electron chi connectivity index (χ0n) is 8.45. The van der Waals surface area contributed by atoms with Crippen LogP contribution in [0.3, 0.4) is 0 Å². The molecule has 0 aliphatic carbocycles. The second-order valence-electron chi connectivity index (χ2n) is 3.14. The van der Waals surface area contributed by atoms with Gasteiger partial charge in [0.25, 0.3) is 0 Å². The minimum Gasteiger partial charge on any atom is -0.481 e. The number of aliphatic carboxylic acids is 1. The van der Waals surface area contributed by atoms with Crippen LogP contribution in [0.25, 0.3) is 0 Å². The molecule has 0 atom stereocenters. The number of aromatic nitrogens is 2. The number of aryl methyl sites for hydroxylation is 2. The Labute approximate surface area is 83.0 Å². The van der Waals surface area contributed by atoms with E-state index in [1.165, 1.54) is 6.33 Å². The Morgan fingerprint density at radius 2 is 2.07 bits per heavy atom. The average molecular weight is 194 g/mol. The predicted molar refractivity (Wildman–Crippen MR) is 52.1 cm³/mol. The zero-order chi connectivity index (χ0) is 10.6. The van der Waals surface area contributed by atoms with E-state index in [0.717, 1.165) is 23.4 Å². The minimum absolute atomic E-state index is 0.126. The lowest BCUT2D eigenvalue weighted by Crippen LogP contribution is -2.04. The van der Waals surface area contributed by atoms with Gasteiger partial charge in [-0.1, -0.05) is 6.92 Å². The van der Waals surface area contributed by atoms with Crippen LogP contribution >= 0.6 is 0 Å². The molecule has 1 aromatic rings. The summed E-state index contributed by atoms with van der Waals surface area (Å²) in [4.78, 5) is 18.6. The molecular weight excluding hydrogens is 180 g/mol. The SMILES string of the molecule is CCc1ncnc(CCC(=O)O)c1C. The molecule has 0 saturated carbocycles. The lowest BCUT2D eigenvalue weighted by Gasteiger charge is -2.06. The van der Waals surface area contributed by atoms with Gasteiger partial charge in [0.05, 0.1) is 6.42 Å². The molecule has 0 amide bonds. The summed E-state index contributed by atoms with van der Waals surface area (Å²) >= 11 is 0. The standard InChI is InChI=1S/C10H14N2O2/c1-3-8-7(2)9(12-6-11-8)4-5-10(13)14/h6H,3-5H2,1-2H3,(H,13,14). The molecule has 0 aliphatic heterocycles. The Bertz CT molecular complexity index is 337. The van der Waals surface area contributed by atoms with E-state index in [0.29, 0.717) is 6.42 Å². The Balaban J connectivity index is 2.81. The molecule has 0 spiro atoms. The summed E-state index contributed by atoms with van der Waals surface area (Å²) in [6.07, 6.45) is 2.97. The van der Waals surface area contributed by atoms with Crippen LogP contribution in [0, 0.1) is 6.92 Å². The molecule has 4 nitrogen and oxygen atoms in total. The number of hydrogen-bond donors (Lipinski definition) is 1. The number of hydrogen-bond acceptors (Lipinski definition) is 3. The van der Waals surface area contributed by atoms with Gasteiger partial charge in [-0.25, -0.2) is 9.97 Å². The van der Waals surface area contributed by atoms with Gasteiger partial charge in [0.15, 0.2) is 0 Å². The van der Waals surface area contributed by atoms with Crippen LogP contribution in [0.2, 0.25) is 0 Å². The van der Waals surface area contributed by atoms with E-state index < -0.39 is 5.97 Å². The Morgan fingerprint density at radius 3 is 2.64 bits per heavy atom. The first-order valence-corrected chi connectivity index (χ1v) is 4.66. The maximum Gasteiger partial charge on any atom is 0.303 e. The number of nitrogens with zero attached hydrogens (tertiary/aromatic N) is 2. The van der Waals surface area contributed by atoms with E-state index in [2.05, 4.69) is 9.97 Å². The Kier molecular flexibility index (Phi) is 3.56. The smallest absolute Gasteiger partial charge is 0.303 e. The predicted octanol–water partition coefficient (Wildman–Crippen LogP) is 1.36. The summed E-state index contributed by atoms with van der Waals surface area (Å²) in [6.45, 7) is 3.96. The van der Waals surface area contributed by atoms with Crippen molar-refractivity contribution in [2.75, 3.05) is 0 Å². The molecule has 14 heavy (non-hydrogen) atoms. The summed E-state index contributed by atoms with van der Waals surface area (Å²) in [5.74, 6) is -0.791. The van der Waals surface area contributed by atoms with Gasteiger partial charge in [0.2, 0.25) is 0 Å². The number of carbonyl (C=O) groups is 1. The van der Waals surface area contributed by atoms with Crippen molar-refractivity contribution in [1.29, 1.82) is 0 Å². The van der Waals surface area contributed by atoms with E-state index in [1.54, 1.807) is 0 Å². The van der Waals surface area contributed by atoms with Crippen LogP contribution < -0.4 is 0 Å². The molecule has 0 radical (unpaired) electrons. The van der Waals surface area contributed by atoms with Crippen LogP contribution in [0.4, 0.5) is 0 Å². The van der Waals surface area contributed by atoms with Crippen LogP contribution in [-0.4, -0.2) is 21.0 Å². The van der Waals surface area contributed by atoms with E-state index in [9.17, 15) is 4.79 Å². The highest BCUT2D eigenvalue weighted by Gasteiger charge is 2.06. The number of carboxylic acids is 1. The summed E-state index contributed by atoms with van der Waals surface area (Å²) in [6, 6.07) is 0. The van der Waals surface area contributed by atoms with Crippen LogP contribution in [-0.2, 0) is 17.6 Å². The van der Waals surface area contributed by atoms with Crippen LogP contribution in [0.1, 0.15) is 30.3 Å². The van der Waals surface area contributed by atoms with E-state index in [4.69, 9.17) is 5.11 Å². The fourth-order valence-electron chi connectivity index (χ4n) is 1.36. The van der Waals surface area contributed by atoms with Gasteiger partial charge < -0.3 is 5.11 Å². The lowest BCUT2D eigenvalue weighted by molar-refractivity contribution is -0.136. The fourth-order valence-corrected chi connectivity index (χ4v) is 1.36. The summed E-state index contributed by atoms with van der Waals surface area (Å²) in [5.41, 5.74) is 2.87. The number of rotatable bonds is 4. The monoisotopic (exact) mass is 194 g/mol. The van der Waals surface area contributed by atoms with Crippen molar-refractivity contribution in [2.24, 2.45) is 0 Å². The molecular formula is C10H14N2O2. The molecule has 1 aromatic heterocycles. The maximum absolute atomic E-state index is 10.4. The zero-order valence-corrected chi connectivity index (χ0v) is 8.45. The van der Waals surface area contributed by atoms with Crippen molar-refractivity contribution < 1.29 is 9.90 Å². The van der Waals surface area contributed by atoms with Gasteiger partial charge >= 0.3 is 5.97 Å². The summed E-state index contributed by atoms with van der Waals surface area (Å²) in [5, 5.41) is 8.55. The molecule has 0 aromatic carbocycles. The molecule has 0 unspecified atom stereocenters. The van der Waals surface area contributed by atoms with E-state index in [-0.39, 0.29) is 6.42 Å². The molecule has 1 rings (SSSR count). The van der Waals surface area contributed by atoms with Crippen molar-refractivity contribution in [3.63, 3.8) is 0 Å². The number of carboxylic acid groups (broad SMARTS) is 1. The van der Waals surface area contributed by atoms with Crippen LogP contribution in [0.5, 0.6) is 0 Å². The van der Waals surface area contributed by atoms with Gasteiger partial charge in [0, 0.05) is 17.8 Å². The normalized spacial score (nSPS) is 10.1.